The second kappa shape index (κ2) is 10.8. The molecule has 1 aromatic carbocycles. The number of benzene rings is 1. The van der Waals surface area contributed by atoms with Gasteiger partial charge in [0.1, 0.15) is 11.3 Å². The summed E-state index contributed by atoms with van der Waals surface area (Å²) in [5, 5.41) is 20.8. The second-order valence-corrected chi connectivity index (χ2v) is 6.30. The van der Waals surface area contributed by atoms with E-state index in [9.17, 15) is 14.7 Å². The first kappa shape index (κ1) is 19.2. The Labute approximate surface area is 140 Å². The maximum Gasteiger partial charge on any atom is 0.411 e. The summed E-state index contributed by atoms with van der Waals surface area (Å²) < 4.78 is 5.04. The van der Waals surface area contributed by atoms with Crippen molar-refractivity contribution in [1.29, 1.82) is 0 Å². The van der Waals surface area contributed by atoms with E-state index in [-0.39, 0.29) is 11.3 Å². The maximum absolute atomic E-state index is 11.6. The predicted molar refractivity (Wildman–Crippen MR) is 91.5 cm³/mol. The molecule has 128 valence electrons. The van der Waals surface area contributed by atoms with Gasteiger partial charge in [-0.25, -0.2) is 9.59 Å². The van der Waals surface area contributed by atoms with Gasteiger partial charge in [-0.15, -0.1) is 0 Å². The Bertz CT molecular complexity index is 521. The highest BCUT2D eigenvalue weighted by Gasteiger charge is 2.11. The van der Waals surface area contributed by atoms with Crippen LogP contribution in [0.5, 0.6) is 5.75 Å². The first-order valence-electron chi connectivity index (χ1n) is 7.62. The Kier molecular flexibility index (Phi) is 8.97. The Morgan fingerprint density at radius 1 is 1.22 bits per heavy atom. The van der Waals surface area contributed by atoms with E-state index in [0.717, 1.165) is 25.0 Å². The lowest BCUT2D eigenvalue weighted by atomic mass is 10.2. The molecule has 7 heteroatoms. The van der Waals surface area contributed by atoms with Crippen LogP contribution in [0.2, 0.25) is 0 Å². The van der Waals surface area contributed by atoms with Crippen LogP contribution in [0.1, 0.15) is 43.0 Å². The number of carbonyl (C=O) groups excluding carboxylic acids is 1. The van der Waals surface area contributed by atoms with Gasteiger partial charge in [-0.1, -0.05) is 19.8 Å². The van der Waals surface area contributed by atoms with E-state index in [1.165, 1.54) is 30.4 Å². The molecule has 23 heavy (non-hydrogen) atoms. The third-order valence-electron chi connectivity index (χ3n) is 3.09. The molecule has 0 spiro atoms. The number of anilines is 1. The van der Waals surface area contributed by atoms with Gasteiger partial charge in [-0.2, -0.15) is 11.8 Å². The zero-order chi connectivity index (χ0) is 17.1. The molecule has 0 unspecified atom stereocenters. The SMILES string of the molecule is CCSCCCCCCOC(=O)Nc1ccc(C(=O)O)c(O)c1. The number of carboxylic acids is 1. The number of hydrogen-bond donors (Lipinski definition) is 3. The van der Waals surface area contributed by atoms with E-state index < -0.39 is 17.8 Å². The standard InChI is InChI=1S/C16H23NO5S/c1-2-23-10-6-4-3-5-9-22-16(21)17-12-7-8-13(15(19)20)14(18)11-12/h7-8,11,18H,2-6,9-10H2,1H3,(H,17,21)(H,19,20). The lowest BCUT2D eigenvalue weighted by molar-refractivity contribution is 0.0693. The topological polar surface area (TPSA) is 95.9 Å². The zero-order valence-electron chi connectivity index (χ0n) is 13.2. The van der Waals surface area contributed by atoms with Gasteiger partial charge in [0.15, 0.2) is 0 Å². The fraction of sp³-hybridized carbons (Fsp3) is 0.500. The summed E-state index contributed by atoms with van der Waals surface area (Å²) in [6, 6.07) is 3.80. The molecule has 0 bridgehead atoms. The highest BCUT2D eigenvalue weighted by molar-refractivity contribution is 7.99. The van der Waals surface area contributed by atoms with E-state index >= 15 is 0 Å². The predicted octanol–water partition coefficient (Wildman–Crippen LogP) is 3.95. The van der Waals surface area contributed by atoms with Gasteiger partial charge in [-0.05, 0) is 36.5 Å². The molecule has 0 atom stereocenters. The third-order valence-corrected chi connectivity index (χ3v) is 4.08. The highest BCUT2D eigenvalue weighted by atomic mass is 32.2. The number of hydrogen-bond acceptors (Lipinski definition) is 5. The van der Waals surface area contributed by atoms with Gasteiger partial charge in [-0.3, -0.25) is 5.32 Å². The molecule has 0 aliphatic heterocycles. The van der Waals surface area contributed by atoms with Crippen LogP contribution in [0.4, 0.5) is 10.5 Å². The van der Waals surface area contributed by atoms with Crippen molar-refractivity contribution >= 4 is 29.5 Å². The monoisotopic (exact) mass is 341 g/mol. The summed E-state index contributed by atoms with van der Waals surface area (Å²) >= 11 is 1.93. The van der Waals surface area contributed by atoms with Crippen LogP contribution in [0.3, 0.4) is 0 Å². The molecule has 0 aliphatic carbocycles. The van der Waals surface area contributed by atoms with Crippen molar-refractivity contribution in [2.24, 2.45) is 0 Å². The molecule has 1 rings (SSSR count). The van der Waals surface area contributed by atoms with E-state index in [1.54, 1.807) is 0 Å². The van der Waals surface area contributed by atoms with E-state index in [1.807, 2.05) is 11.8 Å². The molecular weight excluding hydrogens is 318 g/mol. The lowest BCUT2D eigenvalue weighted by Crippen LogP contribution is -2.14. The van der Waals surface area contributed by atoms with Crippen LogP contribution in [0.15, 0.2) is 18.2 Å². The third kappa shape index (κ3) is 7.78. The summed E-state index contributed by atoms with van der Waals surface area (Å²) in [7, 11) is 0. The smallest absolute Gasteiger partial charge is 0.411 e. The molecule has 0 saturated carbocycles. The summed E-state index contributed by atoms with van der Waals surface area (Å²) in [6.07, 6.45) is 3.52. The van der Waals surface area contributed by atoms with Crippen molar-refractivity contribution in [3.63, 3.8) is 0 Å². The molecule has 1 aromatic rings. The average Bonchev–Trinajstić information content (AvgIpc) is 2.49. The van der Waals surface area contributed by atoms with Crippen molar-refractivity contribution in [3.05, 3.63) is 23.8 Å². The fourth-order valence-electron chi connectivity index (χ4n) is 1.91. The molecule has 0 fully saturated rings. The Morgan fingerprint density at radius 2 is 1.96 bits per heavy atom. The van der Waals surface area contributed by atoms with Gasteiger partial charge in [0, 0.05) is 11.8 Å². The summed E-state index contributed by atoms with van der Waals surface area (Å²) in [4.78, 5) is 22.3. The van der Waals surface area contributed by atoms with Gasteiger partial charge >= 0.3 is 12.1 Å². The Hall–Kier alpha value is -1.89. The number of carbonyl (C=O) groups is 2. The van der Waals surface area contributed by atoms with Crippen LogP contribution in [0.25, 0.3) is 0 Å². The molecule has 0 aliphatic rings. The molecule has 0 saturated heterocycles. The van der Waals surface area contributed by atoms with Crippen LogP contribution < -0.4 is 5.32 Å². The van der Waals surface area contributed by atoms with Crippen molar-refractivity contribution < 1.29 is 24.5 Å². The molecule has 3 N–H and O–H groups in total. The first-order chi connectivity index (χ1) is 11.0. The lowest BCUT2D eigenvalue weighted by Gasteiger charge is -2.08. The number of carboxylic acid groups (broad SMARTS) is 1. The van der Waals surface area contributed by atoms with Crippen molar-refractivity contribution in [3.8, 4) is 5.75 Å². The van der Waals surface area contributed by atoms with Gasteiger partial charge in [0.05, 0.1) is 6.61 Å². The van der Waals surface area contributed by atoms with Gasteiger partial charge in [0.2, 0.25) is 0 Å². The van der Waals surface area contributed by atoms with Crippen LogP contribution in [-0.4, -0.2) is 40.4 Å². The number of phenols is 1. The number of aromatic hydroxyl groups is 1. The number of nitrogens with one attached hydrogen (secondary N) is 1. The van der Waals surface area contributed by atoms with Crippen molar-refractivity contribution in [2.45, 2.75) is 32.6 Å². The van der Waals surface area contributed by atoms with Gasteiger partial charge in [0.25, 0.3) is 0 Å². The molecular formula is C16H23NO5S. The summed E-state index contributed by atoms with van der Waals surface area (Å²) in [5.41, 5.74) is 0.0687. The largest absolute Gasteiger partial charge is 0.507 e. The minimum atomic E-state index is -1.23. The first-order valence-corrected chi connectivity index (χ1v) is 8.78. The van der Waals surface area contributed by atoms with Crippen LogP contribution >= 0.6 is 11.8 Å². The zero-order valence-corrected chi connectivity index (χ0v) is 14.0. The summed E-state index contributed by atoms with van der Waals surface area (Å²) in [5.74, 6) is 0.689. The number of unbranched alkanes of at least 4 members (excludes halogenated alkanes) is 3. The van der Waals surface area contributed by atoms with E-state index in [0.29, 0.717) is 6.61 Å². The molecule has 1 amide bonds. The molecule has 0 aromatic heterocycles. The van der Waals surface area contributed by atoms with Crippen LogP contribution in [0, 0.1) is 0 Å². The number of rotatable bonds is 10. The number of aromatic carboxylic acids is 1. The molecule has 0 heterocycles. The molecule has 0 radical (unpaired) electrons. The fourth-order valence-corrected chi connectivity index (χ4v) is 2.61. The minimum Gasteiger partial charge on any atom is -0.507 e. The average molecular weight is 341 g/mol. The Balaban J connectivity index is 2.21. The number of amides is 1. The van der Waals surface area contributed by atoms with Crippen molar-refractivity contribution in [1.82, 2.24) is 0 Å². The number of ether oxygens (including phenoxy) is 1. The maximum atomic E-state index is 11.6. The number of thioether (sulfide) groups is 1. The normalized spacial score (nSPS) is 10.3. The minimum absolute atomic E-state index is 0.217. The highest BCUT2D eigenvalue weighted by Crippen LogP contribution is 2.22. The quantitative estimate of drug-likeness (QED) is 0.558. The van der Waals surface area contributed by atoms with Crippen LogP contribution in [-0.2, 0) is 4.74 Å². The van der Waals surface area contributed by atoms with E-state index in [2.05, 4.69) is 12.2 Å². The van der Waals surface area contributed by atoms with Gasteiger partial charge < -0.3 is 14.9 Å². The second-order valence-electron chi connectivity index (χ2n) is 4.91. The van der Waals surface area contributed by atoms with Crippen molar-refractivity contribution in [2.75, 3.05) is 23.4 Å². The Morgan fingerprint density at radius 3 is 2.61 bits per heavy atom. The summed E-state index contributed by atoms with van der Waals surface area (Å²) in [6.45, 7) is 2.48. The van der Waals surface area contributed by atoms with E-state index in [4.69, 9.17) is 9.84 Å². The molecule has 6 nitrogen and oxygen atoms in total.